The van der Waals surface area contributed by atoms with Gasteiger partial charge in [-0.3, -0.25) is 0 Å². The van der Waals surface area contributed by atoms with Gasteiger partial charge in [0.05, 0.1) is 5.69 Å². The molecule has 0 spiro atoms. The first kappa shape index (κ1) is 26.7. The summed E-state index contributed by atoms with van der Waals surface area (Å²) in [7, 11) is 0. The summed E-state index contributed by atoms with van der Waals surface area (Å²) in [6.07, 6.45) is 0. The van der Waals surface area contributed by atoms with E-state index in [1.54, 1.807) is 0 Å². The predicted octanol–water partition coefficient (Wildman–Crippen LogP) is 13.2. The molecule has 1 heterocycles. The van der Waals surface area contributed by atoms with Crippen LogP contribution in [0, 0.1) is 0 Å². The lowest BCUT2D eigenvalue weighted by atomic mass is 9.96. The standard InChI is InChI=1S/C44H29NS/c1-3-13-30(14-4-1)32-17-11-20-35(27-32)45(34-18-5-2-6-19-34)42-29-41-40-28-33(37-24-12-16-31-15-7-8-21-36(31)37)25-26-43(40)46-44(41)39-23-10-9-22-38(39)42/h1-29H. The topological polar surface area (TPSA) is 3.24 Å². The molecule has 9 rings (SSSR count). The maximum absolute atomic E-state index is 2.42. The second-order valence-electron chi connectivity index (χ2n) is 11.7. The van der Waals surface area contributed by atoms with Gasteiger partial charge in [0.1, 0.15) is 0 Å². The van der Waals surface area contributed by atoms with E-state index in [2.05, 4.69) is 181 Å². The third kappa shape index (κ3) is 4.46. The van der Waals surface area contributed by atoms with Crippen LogP contribution in [0.5, 0.6) is 0 Å². The average Bonchev–Trinajstić information content (AvgIpc) is 3.50. The van der Waals surface area contributed by atoms with E-state index in [1.807, 2.05) is 11.3 Å². The first-order chi connectivity index (χ1) is 22.8. The molecule has 0 unspecified atom stereocenters. The molecule has 1 aromatic heterocycles. The Morgan fingerprint density at radius 1 is 0.370 bits per heavy atom. The van der Waals surface area contributed by atoms with Crippen molar-refractivity contribution in [1.29, 1.82) is 0 Å². The second-order valence-corrected chi connectivity index (χ2v) is 12.8. The number of nitrogens with zero attached hydrogens (tertiary/aromatic N) is 1. The summed E-state index contributed by atoms with van der Waals surface area (Å²) in [5, 5.41) is 7.65. The average molecular weight is 604 g/mol. The predicted molar refractivity (Wildman–Crippen MR) is 200 cm³/mol. The number of hydrogen-bond donors (Lipinski definition) is 0. The number of fused-ring (bicyclic) bond motifs is 6. The highest BCUT2D eigenvalue weighted by atomic mass is 32.1. The van der Waals surface area contributed by atoms with Crippen molar-refractivity contribution in [1.82, 2.24) is 0 Å². The minimum Gasteiger partial charge on any atom is -0.310 e. The summed E-state index contributed by atoms with van der Waals surface area (Å²) in [4.78, 5) is 2.42. The van der Waals surface area contributed by atoms with Gasteiger partial charge in [-0.1, -0.05) is 133 Å². The van der Waals surface area contributed by atoms with E-state index >= 15 is 0 Å². The number of anilines is 3. The van der Waals surface area contributed by atoms with E-state index in [4.69, 9.17) is 0 Å². The molecule has 1 nitrogen and oxygen atoms in total. The smallest absolute Gasteiger partial charge is 0.0547 e. The molecule has 0 saturated carbocycles. The molecule has 0 aliphatic rings. The van der Waals surface area contributed by atoms with Gasteiger partial charge in [0.15, 0.2) is 0 Å². The summed E-state index contributed by atoms with van der Waals surface area (Å²) < 4.78 is 2.63. The summed E-state index contributed by atoms with van der Waals surface area (Å²) in [6.45, 7) is 0. The van der Waals surface area contributed by atoms with Crippen LogP contribution in [0.1, 0.15) is 0 Å². The van der Waals surface area contributed by atoms with Crippen LogP contribution in [0.15, 0.2) is 176 Å². The van der Waals surface area contributed by atoms with E-state index < -0.39 is 0 Å². The lowest BCUT2D eigenvalue weighted by molar-refractivity contribution is 1.30. The van der Waals surface area contributed by atoms with Crippen LogP contribution < -0.4 is 4.90 Å². The normalized spacial score (nSPS) is 11.5. The van der Waals surface area contributed by atoms with E-state index in [1.165, 1.54) is 69.7 Å². The highest BCUT2D eigenvalue weighted by molar-refractivity contribution is 7.26. The van der Waals surface area contributed by atoms with E-state index in [0.717, 1.165) is 11.4 Å². The maximum Gasteiger partial charge on any atom is 0.0547 e. The lowest BCUT2D eigenvalue weighted by Crippen LogP contribution is -2.10. The summed E-state index contributed by atoms with van der Waals surface area (Å²) in [5.74, 6) is 0. The number of thiophene rings is 1. The molecule has 0 radical (unpaired) electrons. The highest BCUT2D eigenvalue weighted by Crippen LogP contribution is 2.47. The van der Waals surface area contributed by atoms with Crippen LogP contribution in [0.4, 0.5) is 17.1 Å². The Labute approximate surface area is 272 Å². The van der Waals surface area contributed by atoms with Crippen LogP contribution in [0.3, 0.4) is 0 Å². The minimum atomic E-state index is 1.13. The SMILES string of the molecule is c1ccc(-c2cccc(N(c3ccccc3)c3cc4c5cc(-c6cccc7ccccc67)ccc5sc4c4ccccc34)c2)cc1. The van der Waals surface area contributed by atoms with Gasteiger partial charge >= 0.3 is 0 Å². The zero-order valence-corrected chi connectivity index (χ0v) is 25.9. The van der Waals surface area contributed by atoms with Crippen molar-refractivity contribution in [3.8, 4) is 22.3 Å². The van der Waals surface area contributed by atoms with Crippen molar-refractivity contribution < 1.29 is 0 Å². The zero-order chi connectivity index (χ0) is 30.5. The first-order valence-electron chi connectivity index (χ1n) is 15.7. The number of hydrogen-bond acceptors (Lipinski definition) is 2. The Morgan fingerprint density at radius 2 is 1.02 bits per heavy atom. The summed E-state index contributed by atoms with van der Waals surface area (Å²) in [6, 6.07) is 63.9. The molecule has 8 aromatic carbocycles. The Morgan fingerprint density at radius 3 is 1.87 bits per heavy atom. The van der Waals surface area contributed by atoms with Gasteiger partial charge in [0, 0.05) is 42.3 Å². The lowest BCUT2D eigenvalue weighted by Gasteiger charge is -2.27. The number of para-hydroxylation sites is 1. The van der Waals surface area contributed by atoms with Crippen molar-refractivity contribution in [3.05, 3.63) is 176 Å². The molecule has 0 bridgehead atoms. The van der Waals surface area contributed by atoms with Crippen molar-refractivity contribution in [3.63, 3.8) is 0 Å². The molecule has 46 heavy (non-hydrogen) atoms. The van der Waals surface area contributed by atoms with Gasteiger partial charge in [-0.2, -0.15) is 0 Å². The molecule has 0 fully saturated rings. The molecule has 2 heteroatoms. The van der Waals surface area contributed by atoms with Gasteiger partial charge in [-0.15, -0.1) is 11.3 Å². The highest BCUT2D eigenvalue weighted by Gasteiger charge is 2.20. The third-order valence-electron chi connectivity index (χ3n) is 9.02. The van der Waals surface area contributed by atoms with Crippen LogP contribution in [-0.2, 0) is 0 Å². The van der Waals surface area contributed by atoms with E-state index in [-0.39, 0.29) is 0 Å². The molecule has 0 amide bonds. The largest absolute Gasteiger partial charge is 0.310 e. The van der Waals surface area contributed by atoms with Gasteiger partial charge in [-0.25, -0.2) is 0 Å². The summed E-state index contributed by atoms with van der Waals surface area (Å²) in [5.41, 5.74) is 8.36. The minimum absolute atomic E-state index is 1.13. The van der Waals surface area contributed by atoms with Gasteiger partial charge in [0.25, 0.3) is 0 Å². The summed E-state index contributed by atoms with van der Waals surface area (Å²) >= 11 is 1.89. The zero-order valence-electron chi connectivity index (χ0n) is 25.1. The molecule has 9 aromatic rings. The molecular formula is C44H29NS. The molecule has 0 N–H and O–H groups in total. The fraction of sp³-hybridized carbons (Fsp3) is 0. The molecular weight excluding hydrogens is 575 g/mol. The second kappa shape index (κ2) is 11.0. The Balaban J connectivity index is 1.31. The quantitative estimate of drug-likeness (QED) is 0.189. The Hall–Kier alpha value is -5.70. The fourth-order valence-corrected chi connectivity index (χ4v) is 8.07. The number of benzene rings is 8. The number of rotatable bonds is 5. The van der Waals surface area contributed by atoms with E-state index in [0.29, 0.717) is 0 Å². The maximum atomic E-state index is 2.42. The fourth-order valence-electron chi connectivity index (χ4n) is 6.87. The van der Waals surface area contributed by atoms with Crippen LogP contribution in [0.2, 0.25) is 0 Å². The van der Waals surface area contributed by atoms with Crippen LogP contribution in [0.25, 0.3) is 64.0 Å². The third-order valence-corrected chi connectivity index (χ3v) is 10.2. The molecule has 0 atom stereocenters. The molecule has 0 aliphatic carbocycles. The molecule has 0 aliphatic heterocycles. The van der Waals surface area contributed by atoms with Crippen molar-refractivity contribution in [2.75, 3.05) is 4.90 Å². The van der Waals surface area contributed by atoms with Crippen LogP contribution >= 0.6 is 11.3 Å². The van der Waals surface area contributed by atoms with Crippen molar-refractivity contribution in [2.45, 2.75) is 0 Å². The van der Waals surface area contributed by atoms with Crippen LogP contribution in [-0.4, -0.2) is 0 Å². The Bertz CT molecular complexity index is 2520. The molecule has 0 saturated heterocycles. The Kier molecular flexibility index (Phi) is 6.40. The molecule has 216 valence electrons. The van der Waals surface area contributed by atoms with Crippen molar-refractivity contribution >= 4 is 70.1 Å². The monoisotopic (exact) mass is 603 g/mol. The van der Waals surface area contributed by atoms with Gasteiger partial charge < -0.3 is 4.90 Å². The van der Waals surface area contributed by atoms with Gasteiger partial charge in [-0.05, 0) is 75.5 Å². The first-order valence-corrected chi connectivity index (χ1v) is 16.5. The van der Waals surface area contributed by atoms with Crippen molar-refractivity contribution in [2.24, 2.45) is 0 Å². The van der Waals surface area contributed by atoms with E-state index in [9.17, 15) is 0 Å². The van der Waals surface area contributed by atoms with Gasteiger partial charge in [0.2, 0.25) is 0 Å².